The van der Waals surface area contributed by atoms with E-state index in [1.807, 2.05) is 17.5 Å². The first-order chi connectivity index (χ1) is 12.5. The van der Waals surface area contributed by atoms with Gasteiger partial charge in [-0.25, -0.2) is 0 Å². The van der Waals surface area contributed by atoms with Gasteiger partial charge < -0.3 is 10.6 Å². The van der Waals surface area contributed by atoms with E-state index in [0.29, 0.717) is 26.3 Å². The van der Waals surface area contributed by atoms with E-state index in [9.17, 15) is 9.59 Å². The highest BCUT2D eigenvalue weighted by Crippen LogP contribution is 2.27. The molecule has 0 fully saturated rings. The summed E-state index contributed by atoms with van der Waals surface area (Å²) in [6.07, 6.45) is 0.161. The maximum atomic E-state index is 12.2. The molecule has 0 unspecified atom stereocenters. The number of halogens is 2. The van der Waals surface area contributed by atoms with E-state index in [1.54, 1.807) is 42.5 Å². The van der Waals surface area contributed by atoms with Crippen LogP contribution in [0.25, 0.3) is 0 Å². The molecule has 0 bridgehead atoms. The zero-order valence-electron chi connectivity index (χ0n) is 13.5. The molecule has 0 atom stereocenters. The SMILES string of the molecule is O=C(Cc1ccccc1Cl)Nc1ccc(NC(=O)c2cccs2)c(Cl)c1. The quantitative estimate of drug-likeness (QED) is 0.590. The Hall–Kier alpha value is -2.34. The average Bonchev–Trinajstić information content (AvgIpc) is 3.14. The molecule has 3 rings (SSSR count). The molecule has 7 heteroatoms. The second-order valence-electron chi connectivity index (χ2n) is 5.44. The molecule has 2 N–H and O–H groups in total. The first kappa shape index (κ1) is 18.5. The Morgan fingerprint density at radius 3 is 2.42 bits per heavy atom. The zero-order chi connectivity index (χ0) is 18.5. The monoisotopic (exact) mass is 404 g/mol. The van der Waals surface area contributed by atoms with Crippen LogP contribution in [-0.4, -0.2) is 11.8 Å². The number of amides is 2. The zero-order valence-corrected chi connectivity index (χ0v) is 15.8. The number of benzene rings is 2. The Balaban J connectivity index is 1.65. The molecule has 0 saturated carbocycles. The van der Waals surface area contributed by atoms with Crippen molar-refractivity contribution in [2.24, 2.45) is 0 Å². The maximum absolute atomic E-state index is 12.2. The van der Waals surface area contributed by atoms with Crippen LogP contribution in [-0.2, 0) is 11.2 Å². The fourth-order valence-electron chi connectivity index (χ4n) is 2.31. The second-order valence-corrected chi connectivity index (χ2v) is 7.20. The summed E-state index contributed by atoms with van der Waals surface area (Å²) in [5, 5.41) is 8.24. The van der Waals surface area contributed by atoms with E-state index < -0.39 is 0 Å². The van der Waals surface area contributed by atoms with Crippen molar-refractivity contribution in [3.63, 3.8) is 0 Å². The summed E-state index contributed by atoms with van der Waals surface area (Å²) in [6, 6.07) is 15.7. The standard InChI is InChI=1S/C19H14Cl2N2O2S/c20-14-5-2-1-4-12(14)10-18(24)22-13-7-8-16(15(21)11-13)23-19(25)17-6-3-9-26-17/h1-9,11H,10H2,(H,22,24)(H,23,25). The molecule has 2 aromatic carbocycles. The van der Waals surface area contributed by atoms with Gasteiger partial charge in [0.2, 0.25) is 5.91 Å². The number of hydrogen-bond acceptors (Lipinski definition) is 3. The van der Waals surface area contributed by atoms with E-state index in [1.165, 1.54) is 11.3 Å². The minimum absolute atomic E-state index is 0.161. The third kappa shape index (κ3) is 4.64. The van der Waals surface area contributed by atoms with Gasteiger partial charge in [0.1, 0.15) is 0 Å². The molecule has 132 valence electrons. The van der Waals surface area contributed by atoms with Crippen molar-refractivity contribution >= 4 is 57.7 Å². The molecule has 4 nitrogen and oxygen atoms in total. The van der Waals surface area contributed by atoms with Crippen LogP contribution in [0.4, 0.5) is 11.4 Å². The van der Waals surface area contributed by atoms with Crippen molar-refractivity contribution in [2.45, 2.75) is 6.42 Å². The molecule has 0 aliphatic rings. The average molecular weight is 405 g/mol. The molecule has 26 heavy (non-hydrogen) atoms. The summed E-state index contributed by atoms with van der Waals surface area (Å²) in [5.41, 5.74) is 1.77. The Kier molecular flexibility index (Phi) is 5.93. The van der Waals surface area contributed by atoms with Gasteiger partial charge in [-0.1, -0.05) is 47.5 Å². The van der Waals surface area contributed by atoms with Crippen LogP contribution >= 0.6 is 34.5 Å². The first-order valence-corrected chi connectivity index (χ1v) is 9.34. The third-order valence-corrected chi connectivity index (χ3v) is 5.10. The third-order valence-electron chi connectivity index (χ3n) is 3.55. The minimum Gasteiger partial charge on any atom is -0.326 e. The lowest BCUT2D eigenvalue weighted by atomic mass is 10.1. The summed E-state index contributed by atoms with van der Waals surface area (Å²) in [7, 11) is 0. The van der Waals surface area contributed by atoms with Crippen molar-refractivity contribution in [3.8, 4) is 0 Å². The summed E-state index contributed by atoms with van der Waals surface area (Å²) >= 11 is 13.6. The smallest absolute Gasteiger partial charge is 0.265 e. The largest absolute Gasteiger partial charge is 0.326 e. The lowest BCUT2D eigenvalue weighted by Crippen LogP contribution is -2.15. The van der Waals surface area contributed by atoms with Crippen molar-refractivity contribution in [1.29, 1.82) is 0 Å². The van der Waals surface area contributed by atoms with Gasteiger partial charge >= 0.3 is 0 Å². The van der Waals surface area contributed by atoms with Crippen LogP contribution in [0, 0.1) is 0 Å². The number of hydrogen-bond donors (Lipinski definition) is 2. The first-order valence-electron chi connectivity index (χ1n) is 7.70. The lowest BCUT2D eigenvalue weighted by Gasteiger charge is -2.10. The molecule has 0 aliphatic heterocycles. The molecular formula is C19H14Cl2N2O2S. The topological polar surface area (TPSA) is 58.2 Å². The Bertz CT molecular complexity index is 942. The van der Waals surface area contributed by atoms with E-state index >= 15 is 0 Å². The van der Waals surface area contributed by atoms with Crippen molar-refractivity contribution in [3.05, 3.63) is 80.5 Å². The van der Waals surface area contributed by atoms with Gasteiger partial charge in [0.15, 0.2) is 0 Å². The molecule has 1 heterocycles. The number of nitrogens with one attached hydrogen (secondary N) is 2. The Morgan fingerprint density at radius 1 is 0.923 bits per heavy atom. The molecule has 3 aromatic rings. The maximum Gasteiger partial charge on any atom is 0.265 e. The van der Waals surface area contributed by atoms with Crippen LogP contribution in [0.3, 0.4) is 0 Å². The Morgan fingerprint density at radius 2 is 1.73 bits per heavy atom. The molecule has 0 aliphatic carbocycles. The van der Waals surface area contributed by atoms with E-state index in [4.69, 9.17) is 23.2 Å². The van der Waals surface area contributed by atoms with Crippen LogP contribution in [0.15, 0.2) is 60.0 Å². The van der Waals surface area contributed by atoms with Crippen LogP contribution in [0.5, 0.6) is 0 Å². The van der Waals surface area contributed by atoms with Gasteiger partial charge in [0.05, 0.1) is 22.0 Å². The van der Waals surface area contributed by atoms with Gasteiger partial charge in [-0.15, -0.1) is 11.3 Å². The summed E-state index contributed by atoms with van der Waals surface area (Å²) < 4.78 is 0. The normalized spacial score (nSPS) is 10.4. The van der Waals surface area contributed by atoms with Gasteiger partial charge in [0.25, 0.3) is 5.91 Å². The summed E-state index contributed by atoms with van der Waals surface area (Å²) in [4.78, 5) is 24.9. The van der Waals surface area contributed by atoms with Crippen LogP contribution in [0.2, 0.25) is 10.0 Å². The Labute approximate surface area is 164 Å². The molecular weight excluding hydrogens is 391 g/mol. The predicted octanol–water partition coefficient (Wildman–Crippen LogP) is 5.49. The van der Waals surface area contributed by atoms with Crippen LogP contribution in [0.1, 0.15) is 15.2 Å². The van der Waals surface area contributed by atoms with E-state index in [-0.39, 0.29) is 18.2 Å². The fraction of sp³-hybridized carbons (Fsp3) is 0.0526. The van der Waals surface area contributed by atoms with Crippen molar-refractivity contribution in [1.82, 2.24) is 0 Å². The van der Waals surface area contributed by atoms with E-state index in [0.717, 1.165) is 5.56 Å². The number of carbonyl (C=O) groups excluding carboxylic acids is 2. The van der Waals surface area contributed by atoms with Gasteiger partial charge in [-0.2, -0.15) is 0 Å². The molecule has 2 amide bonds. The second kappa shape index (κ2) is 8.36. The van der Waals surface area contributed by atoms with Crippen molar-refractivity contribution < 1.29 is 9.59 Å². The van der Waals surface area contributed by atoms with E-state index in [2.05, 4.69) is 10.6 Å². The highest BCUT2D eigenvalue weighted by atomic mass is 35.5. The number of thiophene rings is 1. The predicted molar refractivity (Wildman–Crippen MR) is 108 cm³/mol. The highest BCUT2D eigenvalue weighted by molar-refractivity contribution is 7.12. The number of rotatable bonds is 5. The lowest BCUT2D eigenvalue weighted by molar-refractivity contribution is -0.115. The molecule has 0 spiro atoms. The van der Waals surface area contributed by atoms with Gasteiger partial charge in [-0.05, 0) is 41.3 Å². The molecule has 1 aromatic heterocycles. The summed E-state index contributed by atoms with van der Waals surface area (Å²) in [5.74, 6) is -0.429. The van der Waals surface area contributed by atoms with Crippen molar-refractivity contribution in [2.75, 3.05) is 10.6 Å². The summed E-state index contributed by atoms with van der Waals surface area (Å²) in [6.45, 7) is 0. The number of anilines is 2. The van der Waals surface area contributed by atoms with Crippen LogP contribution < -0.4 is 10.6 Å². The molecule has 0 saturated heterocycles. The fourth-order valence-corrected chi connectivity index (χ4v) is 3.36. The molecule has 0 radical (unpaired) electrons. The minimum atomic E-state index is -0.225. The van der Waals surface area contributed by atoms with Gasteiger partial charge in [0, 0.05) is 10.7 Å². The highest BCUT2D eigenvalue weighted by Gasteiger charge is 2.11. The van der Waals surface area contributed by atoms with Gasteiger partial charge in [-0.3, -0.25) is 9.59 Å². The number of carbonyl (C=O) groups is 2.